The number of nitrogens with one attached hydrogen (secondary N) is 1. The van der Waals surface area contributed by atoms with Crippen LogP contribution in [0, 0.1) is 11.6 Å². The smallest absolute Gasteiger partial charge is 0.399 e. The second-order valence-corrected chi connectivity index (χ2v) is 9.09. The van der Waals surface area contributed by atoms with Gasteiger partial charge in [-0.3, -0.25) is 4.98 Å². The van der Waals surface area contributed by atoms with Crippen LogP contribution in [-0.4, -0.2) is 48.7 Å². The van der Waals surface area contributed by atoms with Crippen molar-refractivity contribution >= 4 is 27.5 Å². The van der Waals surface area contributed by atoms with Gasteiger partial charge < -0.3 is 19.7 Å². The monoisotopic (exact) mass is 532 g/mol. The number of alkyl halides is 3. The number of benzene rings is 2. The molecule has 0 radical (unpaired) electrons. The molecule has 2 aromatic heterocycles. The summed E-state index contributed by atoms with van der Waals surface area (Å²) in [6.07, 6.45) is 0.134. The zero-order chi connectivity index (χ0) is 26.7. The summed E-state index contributed by atoms with van der Waals surface area (Å²) in [5.74, 6) is -3.32. The van der Waals surface area contributed by atoms with Crippen LogP contribution >= 0.6 is 0 Å². The lowest BCUT2D eigenvalue weighted by Gasteiger charge is -2.40. The summed E-state index contributed by atoms with van der Waals surface area (Å²) in [6.45, 7) is 2.73. The van der Waals surface area contributed by atoms with Gasteiger partial charge in [0.1, 0.15) is 5.82 Å². The van der Waals surface area contributed by atoms with Crippen LogP contribution in [0.5, 0.6) is 5.75 Å². The number of fused-ring (bicyclic) bond motifs is 3. The number of rotatable bonds is 10. The lowest BCUT2D eigenvalue weighted by molar-refractivity contribution is -0.276. The number of hydrogen-bond acceptors (Lipinski definition) is 6. The molecule has 5 rings (SSSR count). The van der Waals surface area contributed by atoms with E-state index in [4.69, 9.17) is 9.72 Å². The van der Waals surface area contributed by atoms with Crippen molar-refractivity contribution in [3.63, 3.8) is 0 Å². The maximum absolute atomic E-state index is 13.8. The van der Waals surface area contributed by atoms with E-state index in [0.717, 1.165) is 65.6 Å². The molecule has 1 N–H and O–H groups in total. The summed E-state index contributed by atoms with van der Waals surface area (Å²) in [7, 11) is 0. The van der Waals surface area contributed by atoms with Crippen LogP contribution in [0.1, 0.15) is 18.4 Å². The number of aromatic nitrogens is 2. The molecule has 0 spiro atoms. The summed E-state index contributed by atoms with van der Waals surface area (Å²) in [5, 5.41) is 6.23. The number of pyridine rings is 2. The molecule has 1 fully saturated rings. The van der Waals surface area contributed by atoms with Crippen LogP contribution in [0.2, 0.25) is 0 Å². The molecule has 0 aliphatic carbocycles. The van der Waals surface area contributed by atoms with Gasteiger partial charge in [0.15, 0.2) is 11.6 Å². The van der Waals surface area contributed by atoms with Crippen LogP contribution in [0.15, 0.2) is 54.9 Å². The van der Waals surface area contributed by atoms with Crippen molar-refractivity contribution in [2.45, 2.75) is 31.9 Å². The van der Waals surface area contributed by atoms with Crippen molar-refractivity contribution in [1.82, 2.24) is 15.3 Å². The Morgan fingerprint density at radius 2 is 1.74 bits per heavy atom. The van der Waals surface area contributed by atoms with Crippen LogP contribution < -0.4 is 15.0 Å². The van der Waals surface area contributed by atoms with Crippen LogP contribution in [-0.2, 0) is 11.3 Å². The Labute approximate surface area is 215 Å². The summed E-state index contributed by atoms with van der Waals surface area (Å²) in [6, 6.07) is 11.6. The topological polar surface area (TPSA) is 59.5 Å². The third-order valence-corrected chi connectivity index (χ3v) is 6.34. The first-order valence-corrected chi connectivity index (χ1v) is 12.2. The Kier molecular flexibility index (Phi) is 7.57. The molecule has 3 heterocycles. The van der Waals surface area contributed by atoms with Gasteiger partial charge in [-0.2, -0.15) is 0 Å². The van der Waals surface area contributed by atoms with Crippen molar-refractivity contribution in [3.8, 4) is 5.75 Å². The Balaban J connectivity index is 1.03. The van der Waals surface area contributed by atoms with E-state index in [0.29, 0.717) is 13.2 Å². The zero-order valence-electron chi connectivity index (χ0n) is 20.3. The number of ether oxygens (including phenoxy) is 2. The van der Waals surface area contributed by atoms with Gasteiger partial charge in [0.25, 0.3) is 0 Å². The third kappa shape index (κ3) is 5.94. The lowest BCUT2D eigenvalue weighted by Crippen LogP contribution is -2.52. The fourth-order valence-electron chi connectivity index (χ4n) is 4.50. The van der Waals surface area contributed by atoms with Crippen molar-refractivity contribution in [3.05, 3.63) is 72.1 Å². The Bertz CT molecular complexity index is 1400. The molecule has 0 bridgehead atoms. The molecule has 4 aromatic rings. The molecule has 11 heteroatoms. The van der Waals surface area contributed by atoms with Crippen molar-refractivity contribution in [1.29, 1.82) is 0 Å². The maximum atomic E-state index is 13.8. The highest BCUT2D eigenvalue weighted by molar-refractivity contribution is 6.09. The average Bonchev–Trinajstić information content (AvgIpc) is 2.86. The molecule has 0 amide bonds. The zero-order valence-corrected chi connectivity index (χ0v) is 20.3. The van der Waals surface area contributed by atoms with Crippen LogP contribution in [0.4, 0.5) is 27.8 Å². The van der Waals surface area contributed by atoms with E-state index in [9.17, 15) is 22.0 Å². The van der Waals surface area contributed by atoms with E-state index in [1.54, 1.807) is 6.20 Å². The average molecular weight is 533 g/mol. The summed E-state index contributed by atoms with van der Waals surface area (Å²) in [4.78, 5) is 11.4. The van der Waals surface area contributed by atoms with Gasteiger partial charge in [-0.1, -0.05) is 18.2 Å². The SMILES string of the molecule is Fc1cc(CNCCCCOC2CN(c3nc4ccccc4c4cnccc34)C2)cc(F)c1OC(F)(F)F. The van der Waals surface area contributed by atoms with Crippen molar-refractivity contribution < 1.29 is 31.4 Å². The summed E-state index contributed by atoms with van der Waals surface area (Å²) in [5.41, 5.74) is 1.11. The number of hydrogen-bond donors (Lipinski definition) is 1. The number of unbranched alkanes of at least 4 members (excludes halogenated alkanes) is 1. The van der Waals surface area contributed by atoms with E-state index >= 15 is 0 Å². The maximum Gasteiger partial charge on any atom is 0.573 e. The molecule has 1 saturated heterocycles. The number of para-hydroxylation sites is 1. The van der Waals surface area contributed by atoms with Gasteiger partial charge in [-0.15, -0.1) is 13.2 Å². The molecular formula is C27H25F5N4O2. The van der Waals surface area contributed by atoms with Gasteiger partial charge in [-0.25, -0.2) is 13.8 Å². The van der Waals surface area contributed by atoms with E-state index in [2.05, 4.69) is 19.9 Å². The number of halogens is 5. The molecule has 1 aliphatic rings. The highest BCUT2D eigenvalue weighted by Gasteiger charge is 2.34. The predicted molar refractivity (Wildman–Crippen MR) is 133 cm³/mol. The first kappa shape index (κ1) is 26.1. The summed E-state index contributed by atoms with van der Waals surface area (Å²) >= 11 is 0. The quantitative estimate of drug-likeness (QED) is 0.160. The largest absolute Gasteiger partial charge is 0.573 e. The highest BCUT2D eigenvalue weighted by atomic mass is 19.4. The second kappa shape index (κ2) is 11.0. The molecule has 0 unspecified atom stereocenters. The Morgan fingerprint density at radius 1 is 0.974 bits per heavy atom. The molecule has 38 heavy (non-hydrogen) atoms. The normalized spacial score (nSPS) is 14.3. The molecular weight excluding hydrogens is 507 g/mol. The van der Waals surface area contributed by atoms with Crippen molar-refractivity contribution in [2.24, 2.45) is 0 Å². The molecule has 6 nitrogen and oxygen atoms in total. The Morgan fingerprint density at radius 3 is 2.50 bits per heavy atom. The predicted octanol–water partition coefficient (Wildman–Crippen LogP) is 5.74. The van der Waals surface area contributed by atoms with E-state index in [-0.39, 0.29) is 18.2 Å². The lowest BCUT2D eigenvalue weighted by atomic mass is 10.1. The molecule has 200 valence electrons. The fourth-order valence-corrected chi connectivity index (χ4v) is 4.50. The second-order valence-electron chi connectivity index (χ2n) is 9.09. The van der Waals surface area contributed by atoms with Crippen LogP contribution in [0.25, 0.3) is 21.7 Å². The minimum absolute atomic E-state index is 0.108. The van der Waals surface area contributed by atoms with Gasteiger partial charge in [0, 0.05) is 54.8 Å². The summed E-state index contributed by atoms with van der Waals surface area (Å²) < 4.78 is 73.7. The van der Waals surface area contributed by atoms with Gasteiger partial charge in [0.05, 0.1) is 11.6 Å². The van der Waals surface area contributed by atoms with E-state index < -0.39 is 23.7 Å². The fraction of sp³-hybridized carbons (Fsp3) is 0.333. The Hall–Kier alpha value is -3.57. The first-order chi connectivity index (χ1) is 18.3. The van der Waals surface area contributed by atoms with Gasteiger partial charge >= 0.3 is 6.36 Å². The standard InChI is InChI=1S/C27H25F5N4O2/c28-22-11-17(12-23(29)25(22)38-27(30,31)32)13-33-8-3-4-10-37-18-15-36(16-18)26-20-7-9-34-14-21(20)19-5-1-2-6-24(19)35-26/h1-2,5-7,9,11-12,14,18,33H,3-4,8,10,13,15-16H2. The van der Waals surface area contributed by atoms with E-state index in [1.807, 2.05) is 36.5 Å². The minimum atomic E-state index is -5.17. The third-order valence-electron chi connectivity index (χ3n) is 6.34. The minimum Gasteiger partial charge on any atom is -0.399 e. The highest BCUT2D eigenvalue weighted by Crippen LogP contribution is 2.33. The molecule has 1 aliphatic heterocycles. The van der Waals surface area contributed by atoms with Crippen molar-refractivity contribution in [2.75, 3.05) is 31.1 Å². The van der Waals surface area contributed by atoms with E-state index in [1.165, 1.54) is 0 Å². The van der Waals surface area contributed by atoms with Gasteiger partial charge in [0.2, 0.25) is 5.75 Å². The van der Waals surface area contributed by atoms with Gasteiger partial charge in [-0.05, 0) is 49.2 Å². The molecule has 0 saturated carbocycles. The number of anilines is 1. The number of nitrogens with zero attached hydrogens (tertiary/aromatic N) is 3. The first-order valence-electron chi connectivity index (χ1n) is 12.2. The molecule has 2 aromatic carbocycles. The molecule has 0 atom stereocenters. The van der Waals surface area contributed by atoms with Crippen LogP contribution in [0.3, 0.4) is 0 Å².